The Bertz CT molecular complexity index is 989. The maximum absolute atomic E-state index is 13.6. The van der Waals surface area contributed by atoms with Gasteiger partial charge in [-0.15, -0.1) is 0 Å². The fourth-order valence-corrected chi connectivity index (χ4v) is 6.16. The van der Waals surface area contributed by atoms with Crippen molar-refractivity contribution in [2.75, 3.05) is 11.4 Å². The van der Waals surface area contributed by atoms with Gasteiger partial charge in [0.1, 0.15) is 0 Å². The lowest BCUT2D eigenvalue weighted by atomic mass is 9.59. The third-order valence-electron chi connectivity index (χ3n) is 7.53. The summed E-state index contributed by atoms with van der Waals surface area (Å²) in [5, 5.41) is 12.3. The molecule has 3 atom stereocenters. The highest BCUT2D eigenvalue weighted by atomic mass is 16.1. The van der Waals surface area contributed by atoms with Crippen molar-refractivity contribution in [3.05, 3.63) is 52.9 Å². The number of nitrogens with zero attached hydrogens (tertiary/aromatic N) is 3. The second-order valence-electron chi connectivity index (χ2n) is 10.2. The lowest BCUT2D eigenvalue weighted by molar-refractivity contribution is -0.119. The molecule has 3 heterocycles. The van der Waals surface area contributed by atoms with Gasteiger partial charge in [-0.05, 0) is 55.7 Å². The van der Waals surface area contributed by atoms with E-state index >= 15 is 0 Å². The molecule has 1 aromatic rings. The Balaban J connectivity index is 1.70. The Hall–Kier alpha value is -2.43. The van der Waals surface area contributed by atoms with Crippen LogP contribution in [0.15, 0.2) is 57.5 Å². The Morgan fingerprint density at radius 2 is 2.10 bits per heavy atom. The Morgan fingerprint density at radius 1 is 1.27 bits per heavy atom. The summed E-state index contributed by atoms with van der Waals surface area (Å²) in [5.41, 5.74) is 5.11. The van der Waals surface area contributed by atoms with Crippen LogP contribution in [0.2, 0.25) is 0 Å². The first kappa shape index (κ1) is 19.5. The number of Topliss-reactive ketones (excluding diaryl/α,β-unsaturated/α-hetero) is 1. The maximum atomic E-state index is 13.6. The summed E-state index contributed by atoms with van der Waals surface area (Å²) in [6, 6.07) is 9.45. The molecule has 0 aromatic heterocycles. The first-order valence-corrected chi connectivity index (χ1v) is 11.4. The van der Waals surface area contributed by atoms with Crippen molar-refractivity contribution < 1.29 is 4.79 Å². The first-order valence-electron chi connectivity index (χ1n) is 11.4. The minimum Gasteiger partial charge on any atom is -0.369 e. The molecule has 5 nitrogen and oxygen atoms in total. The highest BCUT2D eigenvalue weighted by molar-refractivity contribution is 6.01. The van der Waals surface area contributed by atoms with E-state index in [1.54, 1.807) is 0 Å². The molecule has 2 unspecified atom stereocenters. The fraction of sp³-hybridized carbons (Fsp3) is 0.560. The highest BCUT2D eigenvalue weighted by Gasteiger charge is 2.53. The number of ketones is 1. The van der Waals surface area contributed by atoms with Crippen LogP contribution in [-0.2, 0) is 10.2 Å². The molecule has 5 heteroatoms. The number of anilines is 1. The van der Waals surface area contributed by atoms with E-state index in [0.29, 0.717) is 12.5 Å². The van der Waals surface area contributed by atoms with Gasteiger partial charge >= 0.3 is 0 Å². The van der Waals surface area contributed by atoms with E-state index in [9.17, 15) is 4.79 Å². The summed E-state index contributed by atoms with van der Waals surface area (Å²) in [4.78, 5) is 16.1. The lowest BCUT2D eigenvalue weighted by Crippen LogP contribution is -2.51. The SMILES string of the molecule is CCC1(c2cccc(N3CCC[C@H]3C)c2)C2=CN=NC2NC2=C1C(=O)CC(C)(C)C2. The van der Waals surface area contributed by atoms with Crippen LogP contribution < -0.4 is 10.2 Å². The predicted molar refractivity (Wildman–Crippen MR) is 119 cm³/mol. The average Bonchev–Trinajstić information content (AvgIpc) is 3.34. The molecular formula is C25H32N4O. The Labute approximate surface area is 179 Å². The van der Waals surface area contributed by atoms with Crippen LogP contribution in [0.5, 0.6) is 0 Å². The van der Waals surface area contributed by atoms with Gasteiger partial charge in [0.05, 0.1) is 11.6 Å². The monoisotopic (exact) mass is 404 g/mol. The highest BCUT2D eigenvalue weighted by Crippen LogP contribution is 2.54. The van der Waals surface area contributed by atoms with Crippen LogP contribution in [0.4, 0.5) is 5.69 Å². The zero-order valence-electron chi connectivity index (χ0n) is 18.5. The molecule has 1 fully saturated rings. The topological polar surface area (TPSA) is 57.1 Å². The van der Waals surface area contributed by atoms with Gasteiger partial charge in [0, 0.05) is 41.5 Å². The zero-order chi connectivity index (χ0) is 21.1. The molecule has 0 amide bonds. The molecule has 0 bridgehead atoms. The number of carbonyl (C=O) groups is 1. The number of fused-ring (bicyclic) bond motifs is 1. The molecule has 1 aromatic carbocycles. The van der Waals surface area contributed by atoms with E-state index < -0.39 is 5.41 Å². The van der Waals surface area contributed by atoms with E-state index in [0.717, 1.165) is 36.2 Å². The second kappa shape index (κ2) is 6.79. The van der Waals surface area contributed by atoms with Crippen LogP contribution in [0.25, 0.3) is 0 Å². The molecule has 0 radical (unpaired) electrons. The van der Waals surface area contributed by atoms with Crippen molar-refractivity contribution in [1.29, 1.82) is 0 Å². The third-order valence-corrected chi connectivity index (χ3v) is 7.53. The molecule has 3 aliphatic heterocycles. The second-order valence-corrected chi connectivity index (χ2v) is 10.2. The van der Waals surface area contributed by atoms with Crippen LogP contribution >= 0.6 is 0 Å². The van der Waals surface area contributed by atoms with E-state index in [1.165, 1.54) is 24.1 Å². The molecule has 30 heavy (non-hydrogen) atoms. The van der Waals surface area contributed by atoms with Gasteiger partial charge in [-0.2, -0.15) is 10.2 Å². The van der Waals surface area contributed by atoms with Crippen LogP contribution in [-0.4, -0.2) is 24.5 Å². The van der Waals surface area contributed by atoms with Crippen molar-refractivity contribution in [1.82, 2.24) is 5.32 Å². The molecule has 4 aliphatic rings. The van der Waals surface area contributed by atoms with Crippen molar-refractivity contribution in [3.8, 4) is 0 Å². The van der Waals surface area contributed by atoms with Crippen LogP contribution in [0, 0.1) is 5.41 Å². The molecule has 1 aliphatic carbocycles. The molecule has 0 spiro atoms. The quantitative estimate of drug-likeness (QED) is 0.749. The number of azo groups is 1. The first-order chi connectivity index (χ1) is 14.4. The molecule has 158 valence electrons. The minimum absolute atomic E-state index is 0.0355. The number of rotatable bonds is 3. The van der Waals surface area contributed by atoms with Crippen molar-refractivity contribution in [2.45, 2.75) is 77.4 Å². The van der Waals surface area contributed by atoms with E-state index in [4.69, 9.17) is 0 Å². The summed E-state index contributed by atoms with van der Waals surface area (Å²) < 4.78 is 0. The van der Waals surface area contributed by atoms with Crippen molar-refractivity contribution in [3.63, 3.8) is 0 Å². The maximum Gasteiger partial charge on any atom is 0.164 e. The van der Waals surface area contributed by atoms with E-state index in [2.05, 4.69) is 72.4 Å². The summed E-state index contributed by atoms with van der Waals surface area (Å²) in [7, 11) is 0. The van der Waals surface area contributed by atoms with Gasteiger partial charge in [-0.1, -0.05) is 32.9 Å². The minimum atomic E-state index is -0.457. The van der Waals surface area contributed by atoms with Gasteiger partial charge in [0.15, 0.2) is 11.9 Å². The number of benzene rings is 1. The largest absolute Gasteiger partial charge is 0.369 e. The van der Waals surface area contributed by atoms with E-state index in [-0.39, 0.29) is 17.4 Å². The van der Waals surface area contributed by atoms with Crippen LogP contribution in [0.1, 0.15) is 65.4 Å². The third kappa shape index (κ3) is 2.78. The van der Waals surface area contributed by atoms with Crippen LogP contribution in [0.3, 0.4) is 0 Å². The van der Waals surface area contributed by atoms with Gasteiger partial charge in [-0.25, -0.2) is 0 Å². The summed E-state index contributed by atoms with van der Waals surface area (Å²) in [6.07, 6.45) is 6.49. The van der Waals surface area contributed by atoms with Gasteiger partial charge < -0.3 is 10.2 Å². The average molecular weight is 405 g/mol. The van der Waals surface area contributed by atoms with Gasteiger partial charge in [0.25, 0.3) is 0 Å². The number of allylic oxidation sites excluding steroid dienone is 2. The normalized spacial score (nSPS) is 32.1. The molecule has 0 saturated carbocycles. The Kier molecular flexibility index (Phi) is 4.42. The summed E-state index contributed by atoms with van der Waals surface area (Å²) >= 11 is 0. The summed E-state index contributed by atoms with van der Waals surface area (Å²) in [5.74, 6) is 0.266. The molecule has 1 N–H and O–H groups in total. The predicted octanol–water partition coefficient (Wildman–Crippen LogP) is 5.25. The van der Waals surface area contributed by atoms with E-state index in [1.807, 2.05) is 6.20 Å². The lowest BCUT2D eigenvalue weighted by Gasteiger charge is -2.48. The number of hydrogen-bond acceptors (Lipinski definition) is 5. The van der Waals surface area contributed by atoms with Crippen molar-refractivity contribution in [2.24, 2.45) is 15.6 Å². The van der Waals surface area contributed by atoms with Crippen molar-refractivity contribution >= 4 is 11.5 Å². The standard InChI is InChI=1S/C25H32N4O/c1-5-25(17-9-6-10-18(12-17)29-11-7-8-16(29)2)19-15-26-28-23(19)27-20-13-24(3,4)14-21(30)22(20)25/h6,9-10,12,15-16,23,27H,5,7-8,11,13-14H2,1-4H3/t16-,23?,25?/m1/s1. The number of hydrogen-bond donors (Lipinski definition) is 1. The van der Waals surface area contributed by atoms with Gasteiger partial charge in [0.2, 0.25) is 0 Å². The number of nitrogens with one attached hydrogen (secondary N) is 1. The zero-order valence-corrected chi connectivity index (χ0v) is 18.5. The molecular weight excluding hydrogens is 372 g/mol. The molecule has 1 saturated heterocycles. The summed E-state index contributed by atoms with van der Waals surface area (Å²) in [6.45, 7) is 9.97. The molecule has 5 rings (SSSR count). The Morgan fingerprint density at radius 3 is 2.83 bits per heavy atom. The number of carbonyl (C=O) groups excluding carboxylic acids is 1. The smallest absolute Gasteiger partial charge is 0.164 e. The van der Waals surface area contributed by atoms with Gasteiger partial charge in [-0.3, -0.25) is 4.79 Å². The fourth-order valence-electron chi connectivity index (χ4n) is 6.16.